The van der Waals surface area contributed by atoms with E-state index in [1.807, 2.05) is 41.5 Å². The molecule has 0 heterocycles. The molecular formula is C17H30O4. The van der Waals surface area contributed by atoms with Crippen molar-refractivity contribution in [2.24, 2.45) is 10.8 Å². The van der Waals surface area contributed by atoms with E-state index >= 15 is 0 Å². The molecule has 0 aromatic carbocycles. The normalized spacial score (nSPS) is 12.5. The van der Waals surface area contributed by atoms with Gasteiger partial charge in [0, 0.05) is 5.57 Å². The van der Waals surface area contributed by atoms with Crippen molar-refractivity contribution in [2.45, 2.75) is 74.0 Å². The third-order valence-corrected chi connectivity index (χ3v) is 2.81. The van der Waals surface area contributed by atoms with E-state index in [2.05, 4.69) is 6.58 Å². The van der Waals surface area contributed by atoms with Gasteiger partial charge >= 0.3 is 11.9 Å². The Morgan fingerprint density at radius 3 is 1.71 bits per heavy atom. The molecule has 0 saturated heterocycles. The fourth-order valence-corrected chi connectivity index (χ4v) is 2.39. The number of rotatable bonds is 5. The Balaban J connectivity index is 4.79. The average molecular weight is 298 g/mol. The molecule has 0 rings (SSSR count). The molecule has 0 radical (unpaired) electrons. The zero-order valence-electron chi connectivity index (χ0n) is 14.7. The van der Waals surface area contributed by atoms with Crippen LogP contribution in [0.2, 0.25) is 0 Å². The van der Waals surface area contributed by atoms with Crippen molar-refractivity contribution in [1.82, 2.24) is 0 Å². The molecule has 0 saturated carbocycles. The van der Waals surface area contributed by atoms with Crippen LogP contribution in [0.3, 0.4) is 0 Å². The van der Waals surface area contributed by atoms with E-state index in [0.29, 0.717) is 0 Å². The van der Waals surface area contributed by atoms with Gasteiger partial charge in [-0.15, -0.1) is 0 Å². The molecule has 0 bridgehead atoms. The van der Waals surface area contributed by atoms with E-state index in [0.717, 1.165) is 0 Å². The van der Waals surface area contributed by atoms with Gasteiger partial charge in [-0.05, 0) is 24.7 Å². The minimum Gasteiger partial charge on any atom is -0.463 e. The van der Waals surface area contributed by atoms with Gasteiger partial charge in [-0.3, -0.25) is 4.79 Å². The third-order valence-electron chi connectivity index (χ3n) is 2.81. The van der Waals surface area contributed by atoms with Crippen LogP contribution < -0.4 is 0 Å². The predicted octanol–water partition coefficient (Wildman–Crippen LogP) is 3.89. The van der Waals surface area contributed by atoms with Crippen LogP contribution in [-0.2, 0) is 19.1 Å². The summed E-state index contributed by atoms with van der Waals surface area (Å²) in [5, 5.41) is 0. The van der Waals surface area contributed by atoms with Crippen molar-refractivity contribution in [1.29, 1.82) is 0 Å². The SMILES string of the molecule is C=C(CC(=O)OC(C)C)C(=O)OC(C(C)(C)C)C(C)(C)C. The summed E-state index contributed by atoms with van der Waals surface area (Å²) in [6.07, 6.45) is -0.633. The highest BCUT2D eigenvalue weighted by molar-refractivity contribution is 5.93. The molecule has 0 spiro atoms. The zero-order chi connectivity index (χ0) is 17.0. The summed E-state index contributed by atoms with van der Waals surface area (Å²) in [6.45, 7) is 19.3. The van der Waals surface area contributed by atoms with Crippen molar-refractivity contribution in [3.63, 3.8) is 0 Å². The highest BCUT2D eigenvalue weighted by atomic mass is 16.6. The molecule has 4 nitrogen and oxygen atoms in total. The van der Waals surface area contributed by atoms with Gasteiger partial charge in [0.15, 0.2) is 0 Å². The van der Waals surface area contributed by atoms with Gasteiger partial charge in [0.05, 0.1) is 12.5 Å². The number of ether oxygens (including phenoxy) is 2. The van der Waals surface area contributed by atoms with Gasteiger partial charge in [0.2, 0.25) is 0 Å². The van der Waals surface area contributed by atoms with Crippen molar-refractivity contribution >= 4 is 11.9 Å². The summed E-state index contributed by atoms with van der Waals surface area (Å²) < 4.78 is 10.6. The molecular weight excluding hydrogens is 268 g/mol. The Morgan fingerprint density at radius 2 is 1.38 bits per heavy atom. The van der Waals surface area contributed by atoms with E-state index in [4.69, 9.17) is 9.47 Å². The number of carbonyl (C=O) groups excluding carboxylic acids is 2. The van der Waals surface area contributed by atoms with Crippen LogP contribution in [0, 0.1) is 10.8 Å². The van der Waals surface area contributed by atoms with Crippen molar-refractivity contribution in [2.75, 3.05) is 0 Å². The maximum absolute atomic E-state index is 12.1. The van der Waals surface area contributed by atoms with Gasteiger partial charge in [-0.2, -0.15) is 0 Å². The smallest absolute Gasteiger partial charge is 0.334 e. The Morgan fingerprint density at radius 1 is 0.952 bits per heavy atom. The fourth-order valence-electron chi connectivity index (χ4n) is 2.39. The molecule has 0 N–H and O–H groups in total. The highest BCUT2D eigenvalue weighted by Gasteiger charge is 2.38. The second-order valence-electron chi connectivity index (χ2n) is 7.84. The molecule has 0 aliphatic rings. The lowest BCUT2D eigenvalue weighted by Gasteiger charge is -2.39. The number of hydrogen-bond donors (Lipinski definition) is 0. The summed E-state index contributed by atoms with van der Waals surface area (Å²) >= 11 is 0. The van der Waals surface area contributed by atoms with E-state index in [-0.39, 0.29) is 35.0 Å². The Kier molecular flexibility index (Phi) is 6.65. The molecule has 0 atom stereocenters. The van der Waals surface area contributed by atoms with Crippen LogP contribution in [0.1, 0.15) is 61.8 Å². The highest BCUT2D eigenvalue weighted by Crippen LogP contribution is 2.36. The van der Waals surface area contributed by atoms with E-state index < -0.39 is 11.9 Å². The maximum Gasteiger partial charge on any atom is 0.334 e. The summed E-state index contributed by atoms with van der Waals surface area (Å²) in [5.41, 5.74) is -0.279. The summed E-state index contributed by atoms with van der Waals surface area (Å²) in [4.78, 5) is 23.7. The van der Waals surface area contributed by atoms with Gasteiger partial charge in [-0.1, -0.05) is 48.1 Å². The van der Waals surface area contributed by atoms with Crippen LogP contribution in [0.4, 0.5) is 0 Å². The number of hydrogen-bond acceptors (Lipinski definition) is 4. The van der Waals surface area contributed by atoms with Crippen LogP contribution in [-0.4, -0.2) is 24.1 Å². The lowest BCUT2D eigenvalue weighted by Crippen LogP contribution is -2.42. The number of esters is 2. The first-order valence-electron chi connectivity index (χ1n) is 7.33. The van der Waals surface area contributed by atoms with Crippen LogP contribution in [0.25, 0.3) is 0 Å². The molecule has 122 valence electrons. The largest absolute Gasteiger partial charge is 0.463 e. The van der Waals surface area contributed by atoms with E-state index in [9.17, 15) is 9.59 Å². The topological polar surface area (TPSA) is 52.6 Å². The first-order valence-corrected chi connectivity index (χ1v) is 7.33. The van der Waals surface area contributed by atoms with Crippen LogP contribution in [0.15, 0.2) is 12.2 Å². The standard InChI is InChI=1S/C17H30O4/c1-11(2)20-13(18)10-12(3)14(19)21-15(16(4,5)6)17(7,8)9/h11,15H,3,10H2,1-2,4-9H3. The summed E-state index contributed by atoms with van der Waals surface area (Å²) in [7, 11) is 0. The molecule has 0 amide bonds. The molecule has 0 unspecified atom stereocenters. The van der Waals surface area contributed by atoms with Gasteiger partial charge in [0.25, 0.3) is 0 Å². The molecule has 0 fully saturated rings. The quantitative estimate of drug-likeness (QED) is 0.571. The van der Waals surface area contributed by atoms with Crippen LogP contribution in [0.5, 0.6) is 0 Å². The molecule has 0 aliphatic heterocycles. The fraction of sp³-hybridized carbons (Fsp3) is 0.765. The molecule has 0 aliphatic carbocycles. The Bertz CT molecular complexity index is 380. The van der Waals surface area contributed by atoms with E-state index in [1.54, 1.807) is 13.8 Å². The van der Waals surface area contributed by atoms with Gasteiger partial charge in [-0.25, -0.2) is 4.79 Å². The zero-order valence-corrected chi connectivity index (χ0v) is 14.7. The lowest BCUT2D eigenvalue weighted by atomic mass is 9.74. The minimum atomic E-state index is -0.537. The third kappa shape index (κ3) is 7.30. The second kappa shape index (κ2) is 7.10. The first kappa shape index (κ1) is 19.7. The average Bonchev–Trinajstić information content (AvgIpc) is 2.20. The molecule has 0 aromatic heterocycles. The van der Waals surface area contributed by atoms with Crippen LogP contribution >= 0.6 is 0 Å². The molecule has 21 heavy (non-hydrogen) atoms. The van der Waals surface area contributed by atoms with Gasteiger partial charge in [0.1, 0.15) is 6.10 Å². The summed E-state index contributed by atoms with van der Waals surface area (Å²) in [6, 6.07) is 0. The number of carbonyl (C=O) groups is 2. The second-order valence-corrected chi connectivity index (χ2v) is 7.84. The maximum atomic E-state index is 12.1. The van der Waals surface area contributed by atoms with Gasteiger partial charge < -0.3 is 9.47 Å². The van der Waals surface area contributed by atoms with Crippen molar-refractivity contribution < 1.29 is 19.1 Å². The van der Waals surface area contributed by atoms with E-state index in [1.165, 1.54) is 0 Å². The predicted molar refractivity (Wildman–Crippen MR) is 83.8 cm³/mol. The van der Waals surface area contributed by atoms with Crippen molar-refractivity contribution in [3.05, 3.63) is 12.2 Å². The van der Waals surface area contributed by atoms with Crippen molar-refractivity contribution in [3.8, 4) is 0 Å². The monoisotopic (exact) mass is 298 g/mol. The summed E-state index contributed by atoms with van der Waals surface area (Å²) in [5.74, 6) is -0.999. The Labute approximate surface area is 128 Å². The lowest BCUT2D eigenvalue weighted by molar-refractivity contribution is -0.160. The molecule has 0 aromatic rings. The molecule has 4 heteroatoms. The Hall–Kier alpha value is -1.32. The minimum absolute atomic E-state index is 0.124. The first-order chi connectivity index (χ1) is 9.25.